The van der Waals surface area contributed by atoms with Gasteiger partial charge in [0.25, 0.3) is 0 Å². The van der Waals surface area contributed by atoms with Crippen molar-refractivity contribution in [2.45, 2.75) is 19.4 Å². The van der Waals surface area contributed by atoms with Crippen LogP contribution in [0.25, 0.3) is 0 Å². The lowest BCUT2D eigenvalue weighted by Gasteiger charge is -2.15. The largest absolute Gasteiger partial charge is 0.338 e. The minimum absolute atomic E-state index is 0.242. The van der Waals surface area contributed by atoms with Crippen LogP contribution >= 0.6 is 0 Å². The predicted molar refractivity (Wildman–Crippen MR) is 81.5 cm³/mol. The fraction of sp³-hybridized carbons (Fsp3) is 0.235. The van der Waals surface area contributed by atoms with Crippen LogP contribution in [0, 0.1) is 11.6 Å². The molecule has 5 heteroatoms. The van der Waals surface area contributed by atoms with Crippen molar-refractivity contribution in [2.75, 3.05) is 6.54 Å². The molecule has 0 fully saturated rings. The van der Waals surface area contributed by atoms with Gasteiger partial charge in [-0.15, -0.1) is 0 Å². The molecular formula is C17H18F2N2O. The van der Waals surface area contributed by atoms with Crippen molar-refractivity contribution in [3.05, 3.63) is 71.3 Å². The van der Waals surface area contributed by atoms with Gasteiger partial charge in [-0.1, -0.05) is 30.3 Å². The first kappa shape index (κ1) is 15.9. The molecule has 0 spiro atoms. The summed E-state index contributed by atoms with van der Waals surface area (Å²) in [5.41, 5.74) is 1.38. The van der Waals surface area contributed by atoms with Crippen LogP contribution in [-0.4, -0.2) is 12.6 Å². The minimum Gasteiger partial charge on any atom is -0.338 e. The number of carbonyl (C=O) groups is 1. The molecule has 0 aliphatic carbocycles. The second-order valence-corrected chi connectivity index (χ2v) is 5.01. The molecule has 2 N–H and O–H groups in total. The van der Waals surface area contributed by atoms with E-state index in [2.05, 4.69) is 10.6 Å². The molecule has 0 saturated carbocycles. The van der Waals surface area contributed by atoms with Crippen LogP contribution in [0.2, 0.25) is 0 Å². The molecule has 2 amide bonds. The number of nitrogens with one attached hydrogen (secondary N) is 2. The van der Waals surface area contributed by atoms with Crippen molar-refractivity contribution in [2.24, 2.45) is 0 Å². The molecule has 0 saturated heterocycles. The van der Waals surface area contributed by atoms with Gasteiger partial charge in [-0.3, -0.25) is 0 Å². The summed E-state index contributed by atoms with van der Waals surface area (Å²) < 4.78 is 26.3. The summed E-state index contributed by atoms with van der Waals surface area (Å²) in [4.78, 5) is 11.8. The molecule has 0 aliphatic heterocycles. The molecule has 0 radical (unpaired) electrons. The predicted octanol–water partition coefficient (Wildman–Crippen LogP) is 3.57. The van der Waals surface area contributed by atoms with Gasteiger partial charge in [0.15, 0.2) is 0 Å². The number of halogens is 2. The van der Waals surface area contributed by atoms with E-state index in [1.54, 1.807) is 30.3 Å². The Morgan fingerprint density at radius 1 is 1.09 bits per heavy atom. The van der Waals surface area contributed by atoms with Gasteiger partial charge < -0.3 is 10.6 Å². The second-order valence-electron chi connectivity index (χ2n) is 5.01. The molecule has 2 rings (SSSR count). The fourth-order valence-corrected chi connectivity index (χ4v) is 2.09. The van der Waals surface area contributed by atoms with Crippen molar-refractivity contribution in [3.8, 4) is 0 Å². The highest BCUT2D eigenvalue weighted by Gasteiger charge is 2.09. The van der Waals surface area contributed by atoms with E-state index in [4.69, 9.17) is 0 Å². The first-order valence-corrected chi connectivity index (χ1v) is 7.09. The minimum atomic E-state index is -0.340. The maximum Gasteiger partial charge on any atom is 0.315 e. The van der Waals surface area contributed by atoms with E-state index in [0.29, 0.717) is 18.5 Å². The topological polar surface area (TPSA) is 41.1 Å². The van der Waals surface area contributed by atoms with E-state index in [1.807, 2.05) is 6.92 Å². The van der Waals surface area contributed by atoms with Gasteiger partial charge in [-0.05, 0) is 42.7 Å². The van der Waals surface area contributed by atoms with Gasteiger partial charge in [0.1, 0.15) is 11.6 Å². The third kappa shape index (κ3) is 4.55. The summed E-state index contributed by atoms with van der Waals surface area (Å²) >= 11 is 0. The Labute approximate surface area is 128 Å². The van der Waals surface area contributed by atoms with E-state index in [9.17, 15) is 13.6 Å². The molecule has 3 nitrogen and oxygen atoms in total. The van der Waals surface area contributed by atoms with E-state index in [0.717, 1.165) is 5.56 Å². The lowest BCUT2D eigenvalue weighted by molar-refractivity contribution is 0.238. The van der Waals surface area contributed by atoms with Crippen molar-refractivity contribution in [3.63, 3.8) is 0 Å². The van der Waals surface area contributed by atoms with Crippen LogP contribution < -0.4 is 10.6 Å². The number of carbonyl (C=O) groups excluding carboxylic acids is 1. The van der Waals surface area contributed by atoms with Gasteiger partial charge >= 0.3 is 6.03 Å². The Bertz CT molecular complexity index is 629. The van der Waals surface area contributed by atoms with Crippen molar-refractivity contribution in [1.29, 1.82) is 0 Å². The van der Waals surface area contributed by atoms with Crippen molar-refractivity contribution >= 4 is 6.03 Å². The lowest BCUT2D eigenvalue weighted by Crippen LogP contribution is -2.38. The normalized spacial score (nSPS) is 11.8. The third-order valence-electron chi connectivity index (χ3n) is 3.36. The highest BCUT2D eigenvalue weighted by Crippen LogP contribution is 2.12. The van der Waals surface area contributed by atoms with Crippen LogP contribution in [0.1, 0.15) is 24.1 Å². The number of hydrogen-bond acceptors (Lipinski definition) is 1. The zero-order chi connectivity index (χ0) is 15.9. The zero-order valence-electron chi connectivity index (χ0n) is 12.3. The molecule has 0 aliphatic rings. The molecule has 116 valence electrons. The first-order valence-electron chi connectivity index (χ1n) is 7.09. The number of amides is 2. The second kappa shape index (κ2) is 7.54. The van der Waals surface area contributed by atoms with Gasteiger partial charge in [-0.25, -0.2) is 13.6 Å². The number of urea groups is 1. The van der Waals surface area contributed by atoms with Gasteiger partial charge in [-0.2, -0.15) is 0 Å². The highest BCUT2D eigenvalue weighted by atomic mass is 19.1. The van der Waals surface area contributed by atoms with E-state index in [-0.39, 0.29) is 23.7 Å². The Morgan fingerprint density at radius 2 is 1.77 bits per heavy atom. The fourth-order valence-electron chi connectivity index (χ4n) is 2.09. The van der Waals surface area contributed by atoms with Crippen molar-refractivity contribution in [1.82, 2.24) is 10.6 Å². The highest BCUT2D eigenvalue weighted by molar-refractivity contribution is 5.74. The standard InChI is InChI=1S/C17H18F2N2O/c1-12(13-6-8-15(18)9-7-13)21-17(22)20-11-10-14-4-2-3-5-16(14)19/h2-9,12H,10-11H2,1H3,(H2,20,21,22). The lowest BCUT2D eigenvalue weighted by atomic mass is 10.1. The summed E-state index contributed by atoms with van der Waals surface area (Å²) in [6.07, 6.45) is 0.422. The van der Waals surface area contributed by atoms with E-state index >= 15 is 0 Å². The average molecular weight is 304 g/mol. The van der Waals surface area contributed by atoms with E-state index < -0.39 is 0 Å². The molecule has 22 heavy (non-hydrogen) atoms. The maximum atomic E-state index is 13.4. The zero-order valence-corrected chi connectivity index (χ0v) is 12.3. The summed E-state index contributed by atoms with van der Waals surface area (Å²) in [6.45, 7) is 2.15. The Hall–Kier alpha value is -2.43. The van der Waals surface area contributed by atoms with E-state index in [1.165, 1.54) is 18.2 Å². The molecule has 0 aromatic heterocycles. The molecule has 0 bridgehead atoms. The maximum absolute atomic E-state index is 13.4. The summed E-state index contributed by atoms with van der Waals surface area (Å²) in [7, 11) is 0. The van der Waals surface area contributed by atoms with Gasteiger partial charge in [0, 0.05) is 6.54 Å². The molecule has 2 aromatic rings. The molecular weight excluding hydrogens is 286 g/mol. The van der Waals surface area contributed by atoms with Crippen LogP contribution in [0.4, 0.5) is 13.6 Å². The average Bonchev–Trinajstić information content (AvgIpc) is 2.50. The number of rotatable bonds is 5. The Balaban J connectivity index is 1.78. The Morgan fingerprint density at radius 3 is 2.45 bits per heavy atom. The van der Waals surface area contributed by atoms with Crippen LogP contribution in [0.15, 0.2) is 48.5 Å². The van der Waals surface area contributed by atoms with Crippen LogP contribution in [0.3, 0.4) is 0 Å². The Kier molecular flexibility index (Phi) is 5.47. The molecule has 1 unspecified atom stereocenters. The van der Waals surface area contributed by atoms with Gasteiger partial charge in [0.2, 0.25) is 0 Å². The summed E-state index contributed by atoms with van der Waals surface area (Å²) in [6, 6.07) is 11.8. The number of benzene rings is 2. The monoisotopic (exact) mass is 304 g/mol. The van der Waals surface area contributed by atoms with Crippen molar-refractivity contribution < 1.29 is 13.6 Å². The van der Waals surface area contributed by atoms with Crippen LogP contribution in [0.5, 0.6) is 0 Å². The van der Waals surface area contributed by atoms with Crippen LogP contribution in [-0.2, 0) is 6.42 Å². The number of hydrogen-bond donors (Lipinski definition) is 2. The molecule has 1 atom stereocenters. The van der Waals surface area contributed by atoms with Gasteiger partial charge in [0.05, 0.1) is 6.04 Å². The molecule has 0 heterocycles. The summed E-state index contributed by atoms with van der Waals surface area (Å²) in [5.74, 6) is -0.588. The quantitative estimate of drug-likeness (QED) is 0.871. The first-order chi connectivity index (χ1) is 10.6. The third-order valence-corrected chi connectivity index (χ3v) is 3.36. The summed E-state index contributed by atoms with van der Waals surface area (Å²) in [5, 5.41) is 5.43. The SMILES string of the molecule is CC(NC(=O)NCCc1ccccc1F)c1ccc(F)cc1. The smallest absolute Gasteiger partial charge is 0.315 e. The molecule has 2 aromatic carbocycles.